The first-order valence-corrected chi connectivity index (χ1v) is 7.54. The van der Waals surface area contributed by atoms with Crippen molar-refractivity contribution in [1.82, 2.24) is 0 Å². The lowest BCUT2D eigenvalue weighted by Gasteiger charge is -2.12. The number of rotatable bonds is 5. The van der Waals surface area contributed by atoms with E-state index in [2.05, 4.69) is 10.6 Å². The van der Waals surface area contributed by atoms with E-state index in [0.717, 1.165) is 28.9 Å². The van der Waals surface area contributed by atoms with Gasteiger partial charge < -0.3 is 10.6 Å². The van der Waals surface area contributed by atoms with Crippen LogP contribution in [0.4, 0.5) is 24.5 Å². The minimum absolute atomic E-state index is 0.156. The summed E-state index contributed by atoms with van der Waals surface area (Å²) in [5.41, 5.74) is 2.37. The number of hydrogen-bond acceptors (Lipinski definition) is 2. The van der Waals surface area contributed by atoms with E-state index in [9.17, 15) is 18.0 Å². The Hall–Kier alpha value is -2.50. The van der Waals surface area contributed by atoms with Crippen molar-refractivity contribution in [2.24, 2.45) is 0 Å². The Balaban J connectivity index is 1.88. The molecule has 0 saturated carbocycles. The highest BCUT2D eigenvalue weighted by atomic mass is 19.4. The van der Waals surface area contributed by atoms with Crippen LogP contribution in [0.25, 0.3) is 0 Å². The zero-order valence-corrected chi connectivity index (χ0v) is 13.5. The second-order valence-electron chi connectivity index (χ2n) is 5.62. The van der Waals surface area contributed by atoms with Crippen molar-refractivity contribution in [2.75, 3.05) is 17.2 Å². The summed E-state index contributed by atoms with van der Waals surface area (Å²) < 4.78 is 37.9. The summed E-state index contributed by atoms with van der Waals surface area (Å²) in [5.74, 6) is -0.192. The molecule has 3 nitrogen and oxygen atoms in total. The Labute approximate surface area is 138 Å². The zero-order valence-electron chi connectivity index (χ0n) is 13.5. The van der Waals surface area contributed by atoms with Gasteiger partial charge in [-0.05, 0) is 49.2 Å². The topological polar surface area (TPSA) is 41.1 Å². The predicted octanol–water partition coefficient (Wildman–Crippen LogP) is 4.76. The van der Waals surface area contributed by atoms with Crippen molar-refractivity contribution in [3.63, 3.8) is 0 Å². The largest absolute Gasteiger partial charge is 0.416 e. The van der Waals surface area contributed by atoms with Crippen molar-refractivity contribution < 1.29 is 18.0 Å². The fourth-order valence-corrected chi connectivity index (χ4v) is 2.21. The van der Waals surface area contributed by atoms with Gasteiger partial charge >= 0.3 is 6.18 Å². The maximum absolute atomic E-state index is 12.6. The quantitative estimate of drug-likeness (QED) is 0.826. The summed E-state index contributed by atoms with van der Waals surface area (Å²) >= 11 is 0. The van der Waals surface area contributed by atoms with E-state index in [1.54, 1.807) is 0 Å². The molecule has 6 heteroatoms. The van der Waals surface area contributed by atoms with Gasteiger partial charge in [0.25, 0.3) is 0 Å². The van der Waals surface area contributed by atoms with Crippen molar-refractivity contribution in [3.05, 3.63) is 59.2 Å². The molecule has 0 saturated heterocycles. The van der Waals surface area contributed by atoms with Crippen molar-refractivity contribution in [3.8, 4) is 0 Å². The summed E-state index contributed by atoms with van der Waals surface area (Å²) in [6.45, 7) is 4.08. The van der Waals surface area contributed by atoms with Crippen molar-refractivity contribution in [2.45, 2.75) is 26.4 Å². The third kappa shape index (κ3) is 5.01. The van der Waals surface area contributed by atoms with Crippen LogP contribution in [-0.4, -0.2) is 12.5 Å². The van der Waals surface area contributed by atoms with Gasteiger partial charge in [-0.1, -0.05) is 18.2 Å². The third-order valence-electron chi connectivity index (χ3n) is 3.54. The number of halogens is 3. The van der Waals surface area contributed by atoms with Gasteiger partial charge in [0.05, 0.1) is 5.56 Å². The van der Waals surface area contributed by atoms with Crippen molar-refractivity contribution >= 4 is 17.3 Å². The Morgan fingerprint density at radius 2 is 1.83 bits per heavy atom. The number of alkyl halides is 3. The molecule has 2 N–H and O–H groups in total. The van der Waals surface area contributed by atoms with Crippen molar-refractivity contribution in [1.29, 1.82) is 0 Å². The van der Waals surface area contributed by atoms with Crippen LogP contribution in [0, 0.1) is 13.8 Å². The lowest BCUT2D eigenvalue weighted by molar-refractivity contribution is -0.137. The van der Waals surface area contributed by atoms with Gasteiger partial charge in [-0.3, -0.25) is 4.79 Å². The van der Waals surface area contributed by atoms with Crippen LogP contribution in [0.15, 0.2) is 42.5 Å². The maximum Gasteiger partial charge on any atom is 0.416 e. The van der Waals surface area contributed by atoms with Crippen LogP contribution < -0.4 is 10.6 Å². The van der Waals surface area contributed by atoms with Crippen LogP contribution in [-0.2, 0) is 11.0 Å². The number of aryl methyl sites for hydroxylation is 2. The van der Waals surface area contributed by atoms with Crippen LogP contribution in [0.2, 0.25) is 0 Å². The highest BCUT2D eigenvalue weighted by molar-refractivity contribution is 5.91. The minimum atomic E-state index is -4.38. The number of carbonyl (C=O) groups excluding carboxylic acids is 1. The molecular formula is C18H19F3N2O. The van der Waals surface area contributed by atoms with E-state index >= 15 is 0 Å². The predicted molar refractivity (Wildman–Crippen MR) is 89.1 cm³/mol. The van der Waals surface area contributed by atoms with Gasteiger partial charge in [0.2, 0.25) is 5.91 Å². The number of anilines is 2. The van der Waals surface area contributed by atoms with Crippen LogP contribution >= 0.6 is 0 Å². The van der Waals surface area contributed by atoms with E-state index in [1.807, 2.05) is 32.0 Å². The second-order valence-corrected chi connectivity index (χ2v) is 5.62. The average Bonchev–Trinajstić information content (AvgIpc) is 2.50. The van der Waals surface area contributed by atoms with E-state index < -0.39 is 11.7 Å². The number of amides is 1. The van der Waals surface area contributed by atoms with Gasteiger partial charge in [-0.2, -0.15) is 13.2 Å². The number of nitrogens with one attached hydrogen (secondary N) is 2. The van der Waals surface area contributed by atoms with Gasteiger partial charge in [0, 0.05) is 24.3 Å². The molecule has 0 radical (unpaired) electrons. The highest BCUT2D eigenvalue weighted by Crippen LogP contribution is 2.30. The Bertz CT molecular complexity index is 726. The van der Waals surface area contributed by atoms with E-state index in [-0.39, 0.29) is 18.9 Å². The molecular weight excluding hydrogens is 317 g/mol. The van der Waals surface area contributed by atoms with Crippen LogP contribution in [0.5, 0.6) is 0 Å². The maximum atomic E-state index is 12.6. The molecule has 0 aromatic heterocycles. The molecule has 0 aliphatic carbocycles. The number of benzene rings is 2. The molecule has 2 aromatic rings. The first kappa shape index (κ1) is 17.8. The monoisotopic (exact) mass is 336 g/mol. The minimum Gasteiger partial charge on any atom is -0.385 e. The molecule has 0 bridgehead atoms. The lowest BCUT2D eigenvalue weighted by atomic mass is 10.1. The molecule has 2 rings (SSSR count). The Morgan fingerprint density at radius 3 is 2.54 bits per heavy atom. The zero-order chi connectivity index (χ0) is 17.7. The highest BCUT2D eigenvalue weighted by Gasteiger charge is 2.30. The SMILES string of the molecule is Cc1ccc(C)c(NC(=O)CCNc2cccc(C(F)(F)F)c2)c1. The fourth-order valence-electron chi connectivity index (χ4n) is 2.21. The third-order valence-corrected chi connectivity index (χ3v) is 3.54. The number of hydrogen-bond donors (Lipinski definition) is 2. The standard InChI is InChI=1S/C18H19F3N2O/c1-12-6-7-13(2)16(10-12)23-17(24)8-9-22-15-5-3-4-14(11-15)18(19,20)21/h3-7,10-11,22H,8-9H2,1-2H3,(H,23,24). The molecule has 2 aromatic carbocycles. The van der Waals surface area contributed by atoms with Crippen LogP contribution in [0.3, 0.4) is 0 Å². The van der Waals surface area contributed by atoms with E-state index in [4.69, 9.17) is 0 Å². The molecule has 0 heterocycles. The Morgan fingerprint density at radius 1 is 1.08 bits per heavy atom. The van der Waals surface area contributed by atoms with Gasteiger partial charge in [0.15, 0.2) is 0 Å². The summed E-state index contributed by atoms with van der Waals surface area (Å²) in [5, 5.41) is 5.65. The molecule has 0 atom stereocenters. The van der Waals surface area contributed by atoms with Gasteiger partial charge in [-0.15, -0.1) is 0 Å². The number of carbonyl (C=O) groups is 1. The first-order valence-electron chi connectivity index (χ1n) is 7.54. The molecule has 24 heavy (non-hydrogen) atoms. The molecule has 0 aliphatic rings. The Kier molecular flexibility index (Phi) is 5.49. The molecule has 1 amide bonds. The molecule has 0 spiro atoms. The summed E-state index contributed by atoms with van der Waals surface area (Å²) in [7, 11) is 0. The van der Waals surface area contributed by atoms with E-state index in [1.165, 1.54) is 12.1 Å². The summed E-state index contributed by atoms with van der Waals surface area (Å²) in [6, 6.07) is 10.7. The molecule has 0 aliphatic heterocycles. The fraction of sp³-hybridized carbons (Fsp3) is 0.278. The molecule has 128 valence electrons. The molecule has 0 fully saturated rings. The smallest absolute Gasteiger partial charge is 0.385 e. The van der Waals surface area contributed by atoms with Gasteiger partial charge in [-0.25, -0.2) is 0 Å². The second kappa shape index (κ2) is 7.38. The van der Waals surface area contributed by atoms with Crippen LogP contribution in [0.1, 0.15) is 23.1 Å². The summed E-state index contributed by atoms with van der Waals surface area (Å²) in [4.78, 5) is 12.0. The average molecular weight is 336 g/mol. The van der Waals surface area contributed by atoms with E-state index in [0.29, 0.717) is 5.69 Å². The van der Waals surface area contributed by atoms with Gasteiger partial charge in [0.1, 0.15) is 0 Å². The first-order chi connectivity index (χ1) is 11.3. The summed E-state index contributed by atoms with van der Waals surface area (Å²) in [6.07, 6.45) is -4.22. The molecule has 0 unspecified atom stereocenters. The normalized spacial score (nSPS) is 11.2. The lowest BCUT2D eigenvalue weighted by Crippen LogP contribution is -2.17.